The molecule has 0 fully saturated rings. The van der Waals surface area contributed by atoms with Crippen molar-refractivity contribution in [3.8, 4) is 0 Å². The average Bonchev–Trinajstić information content (AvgIpc) is 2.16. The van der Waals surface area contributed by atoms with Gasteiger partial charge in [-0.25, -0.2) is 9.97 Å². The van der Waals surface area contributed by atoms with Crippen molar-refractivity contribution in [2.24, 2.45) is 5.41 Å². The highest BCUT2D eigenvalue weighted by Crippen LogP contribution is 2.19. The summed E-state index contributed by atoms with van der Waals surface area (Å²) in [6.45, 7) is 8.10. The van der Waals surface area contributed by atoms with E-state index in [2.05, 4.69) is 36.1 Å². The fraction of sp³-hybridized carbons (Fsp3) is 0.545. The zero-order valence-corrected chi connectivity index (χ0v) is 10.7. The Balaban J connectivity index is 2.78. The summed E-state index contributed by atoms with van der Waals surface area (Å²) in [6.07, 6.45) is 2.90. The minimum Gasteiger partial charge on any atom is -0.348 e. The third-order valence-corrected chi connectivity index (χ3v) is 2.79. The first-order chi connectivity index (χ1) is 7.32. The molecule has 0 saturated heterocycles. The first-order valence-electron chi connectivity index (χ1n) is 5.09. The van der Waals surface area contributed by atoms with Crippen LogP contribution >= 0.6 is 11.6 Å². The van der Waals surface area contributed by atoms with E-state index < -0.39 is 0 Å². The van der Waals surface area contributed by atoms with Crippen LogP contribution in [-0.2, 0) is 0 Å². The topological polar surface area (TPSA) is 54.9 Å². The maximum atomic E-state index is 11.8. The van der Waals surface area contributed by atoms with E-state index in [-0.39, 0.29) is 28.2 Å². The SMILES string of the molecule is C[C@H](NC(=O)c1nccnc1Cl)C(C)(C)C. The van der Waals surface area contributed by atoms with Gasteiger partial charge in [-0.1, -0.05) is 32.4 Å². The lowest BCUT2D eigenvalue weighted by molar-refractivity contribution is 0.0905. The van der Waals surface area contributed by atoms with Crippen LogP contribution in [0, 0.1) is 5.41 Å². The Kier molecular flexibility index (Phi) is 3.86. The second-order valence-corrected chi connectivity index (χ2v) is 5.11. The van der Waals surface area contributed by atoms with Gasteiger partial charge in [0, 0.05) is 18.4 Å². The molecule has 4 nitrogen and oxygen atoms in total. The van der Waals surface area contributed by atoms with Gasteiger partial charge in [-0.05, 0) is 12.3 Å². The van der Waals surface area contributed by atoms with E-state index in [0.29, 0.717) is 0 Å². The summed E-state index contributed by atoms with van der Waals surface area (Å²) in [4.78, 5) is 19.5. The fourth-order valence-electron chi connectivity index (χ4n) is 0.955. The van der Waals surface area contributed by atoms with Crippen molar-refractivity contribution < 1.29 is 4.79 Å². The van der Waals surface area contributed by atoms with Crippen molar-refractivity contribution in [1.29, 1.82) is 0 Å². The van der Waals surface area contributed by atoms with Crippen molar-refractivity contribution in [2.75, 3.05) is 0 Å². The molecule has 0 bridgehead atoms. The van der Waals surface area contributed by atoms with Crippen LogP contribution in [0.5, 0.6) is 0 Å². The lowest BCUT2D eigenvalue weighted by atomic mass is 9.88. The van der Waals surface area contributed by atoms with Gasteiger partial charge >= 0.3 is 0 Å². The molecule has 0 radical (unpaired) electrons. The summed E-state index contributed by atoms with van der Waals surface area (Å²) < 4.78 is 0. The Morgan fingerprint density at radius 2 is 1.94 bits per heavy atom. The molecule has 0 aliphatic heterocycles. The van der Waals surface area contributed by atoms with Crippen LogP contribution in [0.1, 0.15) is 38.2 Å². The second kappa shape index (κ2) is 4.78. The summed E-state index contributed by atoms with van der Waals surface area (Å²) in [5.41, 5.74) is 0.157. The molecule has 0 aliphatic rings. The van der Waals surface area contributed by atoms with E-state index in [1.54, 1.807) is 0 Å². The van der Waals surface area contributed by atoms with Crippen molar-refractivity contribution in [1.82, 2.24) is 15.3 Å². The number of hydrogen-bond donors (Lipinski definition) is 1. The van der Waals surface area contributed by atoms with Gasteiger partial charge in [0.15, 0.2) is 10.8 Å². The lowest BCUT2D eigenvalue weighted by Crippen LogP contribution is -2.41. The van der Waals surface area contributed by atoms with Crippen LogP contribution in [0.25, 0.3) is 0 Å². The summed E-state index contributed by atoms with van der Waals surface area (Å²) in [6, 6.07) is 0.0260. The van der Waals surface area contributed by atoms with Gasteiger partial charge < -0.3 is 5.32 Å². The highest BCUT2D eigenvalue weighted by molar-refractivity contribution is 6.32. The molecule has 0 saturated carbocycles. The second-order valence-electron chi connectivity index (χ2n) is 4.76. The van der Waals surface area contributed by atoms with E-state index in [1.807, 2.05) is 6.92 Å². The first kappa shape index (κ1) is 12.9. The van der Waals surface area contributed by atoms with Crippen LogP contribution in [0.3, 0.4) is 0 Å². The van der Waals surface area contributed by atoms with Crippen LogP contribution < -0.4 is 5.32 Å². The molecule has 88 valence electrons. The van der Waals surface area contributed by atoms with E-state index in [4.69, 9.17) is 11.6 Å². The predicted octanol–water partition coefficient (Wildman–Crippen LogP) is 2.29. The number of aromatic nitrogens is 2. The number of nitrogens with one attached hydrogen (secondary N) is 1. The molecule has 0 aromatic carbocycles. The summed E-state index contributed by atoms with van der Waals surface area (Å²) >= 11 is 5.78. The fourth-order valence-corrected chi connectivity index (χ4v) is 1.15. The Morgan fingerprint density at radius 3 is 2.44 bits per heavy atom. The maximum Gasteiger partial charge on any atom is 0.273 e. The van der Waals surface area contributed by atoms with Crippen LogP contribution in [0.4, 0.5) is 0 Å². The average molecular weight is 242 g/mol. The quantitative estimate of drug-likeness (QED) is 0.865. The number of hydrogen-bond acceptors (Lipinski definition) is 3. The van der Waals surface area contributed by atoms with E-state index in [9.17, 15) is 4.79 Å². The van der Waals surface area contributed by atoms with Gasteiger partial charge in [0.05, 0.1) is 0 Å². The smallest absolute Gasteiger partial charge is 0.273 e. The molecular weight excluding hydrogens is 226 g/mol. The van der Waals surface area contributed by atoms with Crippen molar-refractivity contribution in [3.05, 3.63) is 23.2 Å². The molecule has 0 unspecified atom stereocenters. The van der Waals surface area contributed by atoms with Gasteiger partial charge in [-0.2, -0.15) is 0 Å². The predicted molar refractivity (Wildman–Crippen MR) is 63.4 cm³/mol. The van der Waals surface area contributed by atoms with E-state index >= 15 is 0 Å². The van der Waals surface area contributed by atoms with Crippen molar-refractivity contribution >= 4 is 17.5 Å². The number of nitrogens with zero attached hydrogens (tertiary/aromatic N) is 2. The highest BCUT2D eigenvalue weighted by Gasteiger charge is 2.23. The van der Waals surface area contributed by atoms with Crippen LogP contribution in [0.15, 0.2) is 12.4 Å². The van der Waals surface area contributed by atoms with Gasteiger partial charge in [0.1, 0.15) is 0 Å². The standard InChI is InChI=1S/C11H16ClN3O/c1-7(11(2,3)4)15-10(16)8-9(12)14-6-5-13-8/h5-7H,1-4H3,(H,15,16)/t7-/m0/s1. The molecule has 16 heavy (non-hydrogen) atoms. The van der Waals surface area contributed by atoms with Crippen LogP contribution in [-0.4, -0.2) is 21.9 Å². The maximum absolute atomic E-state index is 11.8. The first-order valence-corrected chi connectivity index (χ1v) is 5.47. The minimum absolute atomic E-state index is 0.00958. The zero-order chi connectivity index (χ0) is 12.3. The molecular formula is C11H16ClN3O. The number of carbonyl (C=O) groups excluding carboxylic acids is 1. The molecule has 1 atom stereocenters. The molecule has 5 heteroatoms. The van der Waals surface area contributed by atoms with Crippen LogP contribution in [0.2, 0.25) is 5.15 Å². The largest absolute Gasteiger partial charge is 0.348 e. The van der Waals surface area contributed by atoms with Gasteiger partial charge in [-0.3, -0.25) is 4.79 Å². The zero-order valence-electron chi connectivity index (χ0n) is 9.91. The molecule has 1 N–H and O–H groups in total. The summed E-state index contributed by atoms with van der Waals surface area (Å²) in [5.74, 6) is -0.291. The number of rotatable bonds is 2. The molecule has 1 heterocycles. The molecule has 0 spiro atoms. The van der Waals surface area contributed by atoms with Crippen molar-refractivity contribution in [2.45, 2.75) is 33.7 Å². The van der Waals surface area contributed by atoms with Gasteiger partial charge in [0.2, 0.25) is 0 Å². The van der Waals surface area contributed by atoms with Gasteiger partial charge in [0.25, 0.3) is 5.91 Å². The Bertz CT molecular complexity index is 387. The molecule has 1 aromatic heterocycles. The number of halogens is 1. The normalized spacial score (nSPS) is 13.3. The minimum atomic E-state index is -0.291. The lowest BCUT2D eigenvalue weighted by Gasteiger charge is -2.27. The third kappa shape index (κ3) is 3.17. The number of amides is 1. The highest BCUT2D eigenvalue weighted by atomic mass is 35.5. The Morgan fingerprint density at radius 1 is 1.38 bits per heavy atom. The number of carbonyl (C=O) groups is 1. The summed E-state index contributed by atoms with van der Waals surface area (Å²) in [7, 11) is 0. The Hall–Kier alpha value is -1.16. The van der Waals surface area contributed by atoms with E-state index in [0.717, 1.165) is 0 Å². The Labute approximate surface area is 100 Å². The molecule has 1 rings (SSSR count). The molecule has 1 aromatic rings. The molecule has 1 amide bonds. The monoisotopic (exact) mass is 241 g/mol. The molecule has 0 aliphatic carbocycles. The van der Waals surface area contributed by atoms with E-state index in [1.165, 1.54) is 12.4 Å². The van der Waals surface area contributed by atoms with Gasteiger partial charge in [-0.15, -0.1) is 0 Å². The third-order valence-electron chi connectivity index (χ3n) is 2.52. The van der Waals surface area contributed by atoms with Crippen molar-refractivity contribution in [3.63, 3.8) is 0 Å². The summed E-state index contributed by atoms with van der Waals surface area (Å²) in [5, 5.41) is 2.98.